The molecule has 0 aliphatic carbocycles. The summed E-state index contributed by atoms with van der Waals surface area (Å²) in [7, 11) is -4.22. The van der Waals surface area contributed by atoms with Gasteiger partial charge in [-0.15, -0.1) is 0 Å². The summed E-state index contributed by atoms with van der Waals surface area (Å²) in [6.45, 7) is 1.54. The molecule has 0 saturated carbocycles. The Kier molecular flexibility index (Phi) is 3.92. The first kappa shape index (κ1) is 14.8. The molecule has 1 aromatic rings. The van der Waals surface area contributed by atoms with Crippen LogP contribution in [0.3, 0.4) is 0 Å². The summed E-state index contributed by atoms with van der Waals surface area (Å²) in [6, 6.07) is 2.69. The summed E-state index contributed by atoms with van der Waals surface area (Å²) in [5.41, 5.74) is 6.65. The van der Waals surface area contributed by atoms with Crippen LogP contribution in [0.15, 0.2) is 17.0 Å². The standard InChI is InChI=1S/C10H13F3N2O2S/c1-6-3-8(14)4-9(7(6)2)18(16,17)15-5-10(11,12)13/h3-4,15H,5,14H2,1-2H3. The molecular weight excluding hydrogens is 269 g/mol. The molecule has 18 heavy (non-hydrogen) atoms. The molecule has 0 heterocycles. The lowest BCUT2D eigenvalue weighted by Crippen LogP contribution is -2.34. The third-order valence-corrected chi connectivity index (χ3v) is 3.92. The van der Waals surface area contributed by atoms with Crippen molar-refractivity contribution in [2.24, 2.45) is 0 Å². The maximum atomic E-state index is 12.0. The van der Waals surface area contributed by atoms with Crippen molar-refractivity contribution in [1.82, 2.24) is 4.72 Å². The van der Waals surface area contributed by atoms with Gasteiger partial charge in [-0.05, 0) is 37.1 Å². The molecular formula is C10H13F3N2O2S. The SMILES string of the molecule is Cc1cc(N)cc(S(=O)(=O)NCC(F)(F)F)c1C. The van der Waals surface area contributed by atoms with Crippen molar-refractivity contribution in [3.05, 3.63) is 23.3 Å². The van der Waals surface area contributed by atoms with Crippen molar-refractivity contribution in [1.29, 1.82) is 0 Å². The molecule has 1 aromatic carbocycles. The lowest BCUT2D eigenvalue weighted by atomic mass is 10.1. The third kappa shape index (κ3) is 3.61. The number of rotatable bonds is 3. The lowest BCUT2D eigenvalue weighted by Gasteiger charge is -2.13. The van der Waals surface area contributed by atoms with Gasteiger partial charge in [0, 0.05) is 5.69 Å². The minimum atomic E-state index is -4.60. The molecule has 0 aromatic heterocycles. The molecule has 0 aliphatic rings. The Bertz CT molecular complexity index is 553. The first-order valence-corrected chi connectivity index (χ1v) is 6.44. The van der Waals surface area contributed by atoms with Gasteiger partial charge in [0.15, 0.2) is 0 Å². The van der Waals surface area contributed by atoms with Gasteiger partial charge in [-0.3, -0.25) is 0 Å². The van der Waals surface area contributed by atoms with E-state index in [1.807, 2.05) is 0 Å². The van der Waals surface area contributed by atoms with Crippen molar-refractivity contribution in [2.45, 2.75) is 24.9 Å². The topological polar surface area (TPSA) is 72.2 Å². The maximum absolute atomic E-state index is 12.0. The average molecular weight is 282 g/mol. The van der Waals surface area contributed by atoms with E-state index in [-0.39, 0.29) is 10.6 Å². The number of nitrogen functional groups attached to an aromatic ring is 1. The van der Waals surface area contributed by atoms with Crippen LogP contribution >= 0.6 is 0 Å². The Hall–Kier alpha value is -1.28. The third-order valence-electron chi connectivity index (χ3n) is 2.39. The van der Waals surface area contributed by atoms with Gasteiger partial charge in [0.05, 0.1) is 4.90 Å². The Morgan fingerprint density at radius 2 is 1.83 bits per heavy atom. The summed E-state index contributed by atoms with van der Waals surface area (Å²) in [6.07, 6.45) is -4.60. The molecule has 0 atom stereocenters. The zero-order valence-corrected chi connectivity index (χ0v) is 10.6. The van der Waals surface area contributed by atoms with Gasteiger partial charge in [-0.25, -0.2) is 13.1 Å². The number of alkyl halides is 3. The van der Waals surface area contributed by atoms with Gasteiger partial charge in [-0.1, -0.05) is 0 Å². The second-order valence-electron chi connectivity index (χ2n) is 3.90. The van der Waals surface area contributed by atoms with E-state index in [9.17, 15) is 21.6 Å². The van der Waals surface area contributed by atoms with Crippen LogP contribution in [0.4, 0.5) is 18.9 Å². The van der Waals surface area contributed by atoms with E-state index < -0.39 is 22.7 Å². The molecule has 0 aliphatic heterocycles. The number of benzene rings is 1. The predicted octanol–water partition coefficient (Wildman–Crippen LogP) is 1.73. The first-order valence-electron chi connectivity index (χ1n) is 4.96. The molecule has 1 rings (SSSR count). The minimum absolute atomic E-state index is 0.186. The number of anilines is 1. The molecule has 3 N–H and O–H groups in total. The number of hydrogen-bond acceptors (Lipinski definition) is 3. The summed E-state index contributed by atoms with van der Waals surface area (Å²) in [5.74, 6) is 0. The monoisotopic (exact) mass is 282 g/mol. The zero-order valence-electron chi connectivity index (χ0n) is 9.80. The van der Waals surface area contributed by atoms with Crippen molar-refractivity contribution in [3.63, 3.8) is 0 Å². The van der Waals surface area contributed by atoms with Crippen LogP contribution in [0, 0.1) is 13.8 Å². The predicted molar refractivity (Wildman–Crippen MR) is 61.6 cm³/mol. The van der Waals surface area contributed by atoms with E-state index in [0.717, 1.165) is 6.07 Å². The van der Waals surface area contributed by atoms with Gasteiger partial charge < -0.3 is 5.73 Å². The summed E-state index contributed by atoms with van der Waals surface area (Å²) >= 11 is 0. The zero-order chi connectivity index (χ0) is 14.1. The molecule has 102 valence electrons. The lowest BCUT2D eigenvalue weighted by molar-refractivity contribution is -0.121. The Labute approximate surface area is 103 Å². The number of aryl methyl sites for hydroxylation is 1. The second kappa shape index (κ2) is 4.77. The van der Waals surface area contributed by atoms with E-state index >= 15 is 0 Å². The number of nitrogens with two attached hydrogens (primary N) is 1. The smallest absolute Gasteiger partial charge is 0.399 e. The molecule has 0 spiro atoms. The first-order chi connectivity index (χ1) is 8.03. The van der Waals surface area contributed by atoms with E-state index in [1.165, 1.54) is 11.6 Å². The molecule has 0 bridgehead atoms. The maximum Gasteiger partial charge on any atom is 0.402 e. The fourth-order valence-corrected chi connectivity index (χ4v) is 2.75. The quantitative estimate of drug-likeness (QED) is 0.829. The second-order valence-corrected chi connectivity index (χ2v) is 5.64. The van der Waals surface area contributed by atoms with E-state index in [1.54, 1.807) is 13.0 Å². The van der Waals surface area contributed by atoms with Gasteiger partial charge >= 0.3 is 6.18 Å². The van der Waals surface area contributed by atoms with E-state index in [2.05, 4.69) is 0 Å². The van der Waals surface area contributed by atoms with Crippen LogP contribution in [0.1, 0.15) is 11.1 Å². The Morgan fingerprint density at radius 1 is 1.28 bits per heavy atom. The highest BCUT2D eigenvalue weighted by molar-refractivity contribution is 7.89. The minimum Gasteiger partial charge on any atom is -0.399 e. The molecule has 4 nitrogen and oxygen atoms in total. The van der Waals surface area contributed by atoms with Crippen LogP contribution in [0.5, 0.6) is 0 Å². The number of hydrogen-bond donors (Lipinski definition) is 2. The fraction of sp³-hybridized carbons (Fsp3) is 0.400. The van der Waals surface area contributed by atoms with Crippen LogP contribution in [0.25, 0.3) is 0 Å². The van der Waals surface area contributed by atoms with Gasteiger partial charge in [-0.2, -0.15) is 13.2 Å². The molecule has 8 heteroatoms. The molecule has 0 radical (unpaired) electrons. The average Bonchev–Trinajstić information content (AvgIpc) is 2.19. The van der Waals surface area contributed by atoms with Crippen molar-refractivity contribution < 1.29 is 21.6 Å². The largest absolute Gasteiger partial charge is 0.402 e. The van der Waals surface area contributed by atoms with E-state index in [4.69, 9.17) is 5.73 Å². The molecule has 0 amide bonds. The van der Waals surface area contributed by atoms with Crippen LogP contribution in [-0.4, -0.2) is 21.1 Å². The molecule has 0 saturated heterocycles. The van der Waals surface area contributed by atoms with Crippen molar-refractivity contribution >= 4 is 15.7 Å². The highest BCUT2D eigenvalue weighted by atomic mass is 32.2. The molecule has 0 fully saturated rings. The van der Waals surface area contributed by atoms with Crippen LogP contribution in [0.2, 0.25) is 0 Å². The molecule has 0 unspecified atom stereocenters. The highest BCUT2D eigenvalue weighted by Gasteiger charge is 2.30. The number of nitrogens with one attached hydrogen (secondary N) is 1. The number of halogens is 3. The van der Waals surface area contributed by atoms with Crippen LogP contribution < -0.4 is 10.5 Å². The normalized spacial score (nSPS) is 12.7. The Morgan fingerprint density at radius 3 is 2.33 bits per heavy atom. The van der Waals surface area contributed by atoms with Gasteiger partial charge in [0.2, 0.25) is 10.0 Å². The van der Waals surface area contributed by atoms with Crippen molar-refractivity contribution in [2.75, 3.05) is 12.3 Å². The van der Waals surface area contributed by atoms with Crippen molar-refractivity contribution in [3.8, 4) is 0 Å². The summed E-state index contributed by atoms with van der Waals surface area (Å²) in [5, 5.41) is 0. The van der Waals surface area contributed by atoms with Crippen LogP contribution in [-0.2, 0) is 10.0 Å². The number of sulfonamides is 1. The summed E-state index contributed by atoms with van der Waals surface area (Å²) in [4.78, 5) is -0.232. The van der Waals surface area contributed by atoms with Gasteiger partial charge in [0.25, 0.3) is 0 Å². The summed E-state index contributed by atoms with van der Waals surface area (Å²) < 4.78 is 61.0. The highest BCUT2D eigenvalue weighted by Crippen LogP contribution is 2.23. The van der Waals surface area contributed by atoms with Gasteiger partial charge in [0.1, 0.15) is 6.54 Å². The Balaban J connectivity index is 3.13. The van der Waals surface area contributed by atoms with E-state index in [0.29, 0.717) is 11.1 Å². The fourth-order valence-electron chi connectivity index (χ4n) is 1.39.